The van der Waals surface area contributed by atoms with Crippen LogP contribution < -0.4 is 5.32 Å². The number of carbonyl (C=O) groups is 1. The van der Waals surface area contributed by atoms with E-state index in [1.165, 1.54) is 32.1 Å². The van der Waals surface area contributed by atoms with Gasteiger partial charge in [0, 0.05) is 28.9 Å². The number of fused-ring (bicyclic) bond motifs is 1. The molecule has 0 saturated carbocycles. The number of rotatable bonds is 8. The van der Waals surface area contributed by atoms with Crippen molar-refractivity contribution < 1.29 is 13.9 Å². The fourth-order valence-corrected chi connectivity index (χ4v) is 2.80. The quantitative estimate of drug-likeness (QED) is 0.575. The van der Waals surface area contributed by atoms with Crippen LogP contribution in [0, 0.1) is 12.7 Å². The maximum absolute atomic E-state index is 13.7. The molecular formula is C19H25FN2O2. The zero-order valence-electron chi connectivity index (χ0n) is 14.6. The van der Waals surface area contributed by atoms with Crippen molar-refractivity contribution >= 4 is 22.6 Å². The summed E-state index contributed by atoms with van der Waals surface area (Å²) in [6.45, 7) is 4.82. The van der Waals surface area contributed by atoms with E-state index in [0.717, 1.165) is 41.8 Å². The molecule has 0 bridgehead atoms. The van der Waals surface area contributed by atoms with Gasteiger partial charge in [0.2, 0.25) is 0 Å². The number of esters is 1. The Kier molecular flexibility index (Phi) is 6.53. The van der Waals surface area contributed by atoms with E-state index in [4.69, 9.17) is 4.74 Å². The van der Waals surface area contributed by atoms with Crippen LogP contribution in [-0.4, -0.2) is 24.6 Å². The number of nitrogens with zero attached hydrogens (tertiary/aromatic N) is 1. The Labute approximate surface area is 142 Å². The van der Waals surface area contributed by atoms with Gasteiger partial charge in [-0.3, -0.25) is 9.78 Å². The van der Waals surface area contributed by atoms with Crippen molar-refractivity contribution in [3.05, 3.63) is 35.3 Å². The van der Waals surface area contributed by atoms with Crippen molar-refractivity contribution in [2.24, 2.45) is 0 Å². The lowest BCUT2D eigenvalue weighted by Crippen LogP contribution is -2.12. The van der Waals surface area contributed by atoms with Crippen LogP contribution in [0.2, 0.25) is 0 Å². The number of aromatic nitrogens is 1. The number of hydrogen-bond acceptors (Lipinski definition) is 4. The highest BCUT2D eigenvalue weighted by molar-refractivity contribution is 5.95. The Morgan fingerprint density at radius 2 is 2.08 bits per heavy atom. The van der Waals surface area contributed by atoms with E-state index in [2.05, 4.69) is 17.2 Å². The normalized spacial score (nSPS) is 10.8. The molecule has 2 aromatic rings. The summed E-state index contributed by atoms with van der Waals surface area (Å²) in [7, 11) is 1.36. The standard InChI is InChI=1S/C19H25FN2O2/c1-4-5-6-7-10-21-19-15(12-18(23)24-3)13(2)22-17-9-8-14(20)11-16(17)19/h8-9,11H,4-7,10,12H2,1-3H3,(H,21,22). The molecule has 0 aliphatic heterocycles. The van der Waals surface area contributed by atoms with E-state index in [0.29, 0.717) is 5.39 Å². The Bertz CT molecular complexity index is 716. The van der Waals surface area contributed by atoms with E-state index >= 15 is 0 Å². The lowest BCUT2D eigenvalue weighted by molar-refractivity contribution is -0.139. The van der Waals surface area contributed by atoms with Gasteiger partial charge in [-0.25, -0.2) is 4.39 Å². The van der Waals surface area contributed by atoms with E-state index in [1.54, 1.807) is 6.07 Å². The smallest absolute Gasteiger partial charge is 0.310 e. The summed E-state index contributed by atoms with van der Waals surface area (Å²) in [5.41, 5.74) is 3.04. The number of methoxy groups -OCH3 is 1. The molecule has 130 valence electrons. The maximum Gasteiger partial charge on any atom is 0.310 e. The first-order valence-electron chi connectivity index (χ1n) is 8.46. The van der Waals surface area contributed by atoms with Gasteiger partial charge in [0.1, 0.15) is 5.82 Å². The van der Waals surface area contributed by atoms with Crippen LogP contribution in [-0.2, 0) is 16.0 Å². The first-order chi connectivity index (χ1) is 11.6. The molecule has 4 nitrogen and oxygen atoms in total. The molecule has 1 heterocycles. The molecule has 2 rings (SSSR count). The third kappa shape index (κ3) is 4.43. The van der Waals surface area contributed by atoms with Crippen molar-refractivity contribution in [2.45, 2.75) is 46.0 Å². The highest BCUT2D eigenvalue weighted by Crippen LogP contribution is 2.30. The van der Waals surface area contributed by atoms with Crippen LogP contribution >= 0.6 is 0 Å². The van der Waals surface area contributed by atoms with Crippen LogP contribution in [0.3, 0.4) is 0 Å². The Morgan fingerprint density at radius 3 is 2.79 bits per heavy atom. The minimum absolute atomic E-state index is 0.124. The summed E-state index contributed by atoms with van der Waals surface area (Å²) in [6, 6.07) is 4.54. The molecule has 0 amide bonds. The summed E-state index contributed by atoms with van der Waals surface area (Å²) < 4.78 is 18.5. The highest BCUT2D eigenvalue weighted by Gasteiger charge is 2.16. The number of pyridine rings is 1. The molecule has 0 atom stereocenters. The number of anilines is 1. The van der Waals surface area contributed by atoms with E-state index in [9.17, 15) is 9.18 Å². The van der Waals surface area contributed by atoms with Gasteiger partial charge in [-0.2, -0.15) is 0 Å². The zero-order valence-corrected chi connectivity index (χ0v) is 14.6. The van der Waals surface area contributed by atoms with Crippen LogP contribution in [0.15, 0.2) is 18.2 Å². The monoisotopic (exact) mass is 332 g/mol. The predicted molar refractivity (Wildman–Crippen MR) is 94.8 cm³/mol. The number of carbonyl (C=O) groups excluding carboxylic acids is 1. The number of unbranched alkanes of at least 4 members (excludes halogenated alkanes) is 3. The Morgan fingerprint density at radius 1 is 1.29 bits per heavy atom. The Balaban J connectivity index is 2.38. The van der Waals surface area contributed by atoms with Crippen molar-refractivity contribution in [2.75, 3.05) is 19.0 Å². The molecule has 0 fully saturated rings. The predicted octanol–water partition coefficient (Wildman–Crippen LogP) is 4.39. The number of halogens is 1. The fourth-order valence-electron chi connectivity index (χ4n) is 2.80. The van der Waals surface area contributed by atoms with Crippen LogP contribution in [0.1, 0.15) is 43.9 Å². The van der Waals surface area contributed by atoms with Gasteiger partial charge >= 0.3 is 5.97 Å². The first-order valence-corrected chi connectivity index (χ1v) is 8.46. The summed E-state index contributed by atoms with van der Waals surface area (Å²) >= 11 is 0. The summed E-state index contributed by atoms with van der Waals surface area (Å²) in [5, 5.41) is 4.10. The number of aryl methyl sites for hydroxylation is 1. The van der Waals surface area contributed by atoms with Gasteiger partial charge in [0.05, 0.1) is 19.0 Å². The fraction of sp³-hybridized carbons (Fsp3) is 0.474. The molecule has 0 aliphatic carbocycles. The lowest BCUT2D eigenvalue weighted by Gasteiger charge is -2.17. The largest absolute Gasteiger partial charge is 0.469 e. The summed E-state index contributed by atoms with van der Waals surface area (Å²) in [5.74, 6) is -0.643. The van der Waals surface area contributed by atoms with Crippen LogP contribution in [0.5, 0.6) is 0 Å². The van der Waals surface area contributed by atoms with Gasteiger partial charge in [-0.1, -0.05) is 26.2 Å². The second kappa shape index (κ2) is 8.62. The van der Waals surface area contributed by atoms with Crippen molar-refractivity contribution in [3.8, 4) is 0 Å². The second-order valence-corrected chi connectivity index (χ2v) is 5.95. The molecule has 1 N–H and O–H groups in total. The maximum atomic E-state index is 13.7. The number of hydrogen-bond donors (Lipinski definition) is 1. The van der Waals surface area contributed by atoms with Crippen LogP contribution in [0.25, 0.3) is 10.9 Å². The van der Waals surface area contributed by atoms with Crippen molar-refractivity contribution in [3.63, 3.8) is 0 Å². The summed E-state index contributed by atoms with van der Waals surface area (Å²) in [4.78, 5) is 16.3. The van der Waals surface area contributed by atoms with Gasteiger partial charge in [0.25, 0.3) is 0 Å². The van der Waals surface area contributed by atoms with E-state index in [1.807, 2.05) is 6.92 Å². The molecule has 0 aliphatic rings. The zero-order chi connectivity index (χ0) is 17.5. The number of benzene rings is 1. The van der Waals surface area contributed by atoms with Crippen molar-refractivity contribution in [1.29, 1.82) is 0 Å². The average Bonchev–Trinajstić information content (AvgIpc) is 2.57. The van der Waals surface area contributed by atoms with E-state index < -0.39 is 0 Å². The molecule has 1 aromatic carbocycles. The second-order valence-electron chi connectivity index (χ2n) is 5.95. The molecule has 24 heavy (non-hydrogen) atoms. The third-order valence-electron chi connectivity index (χ3n) is 4.14. The number of nitrogens with one attached hydrogen (secondary N) is 1. The highest BCUT2D eigenvalue weighted by atomic mass is 19.1. The molecule has 5 heteroatoms. The van der Waals surface area contributed by atoms with Crippen molar-refractivity contribution in [1.82, 2.24) is 4.98 Å². The van der Waals surface area contributed by atoms with Gasteiger partial charge < -0.3 is 10.1 Å². The molecule has 0 unspecified atom stereocenters. The van der Waals surface area contributed by atoms with E-state index in [-0.39, 0.29) is 18.2 Å². The topological polar surface area (TPSA) is 51.2 Å². The summed E-state index contributed by atoms with van der Waals surface area (Å²) in [6.07, 6.45) is 4.67. The molecule has 0 saturated heterocycles. The third-order valence-corrected chi connectivity index (χ3v) is 4.14. The average molecular weight is 332 g/mol. The molecule has 0 radical (unpaired) electrons. The minimum Gasteiger partial charge on any atom is -0.469 e. The number of ether oxygens (including phenoxy) is 1. The van der Waals surface area contributed by atoms with Crippen LogP contribution in [0.4, 0.5) is 10.1 Å². The molecular weight excluding hydrogens is 307 g/mol. The molecule has 1 aromatic heterocycles. The van der Waals surface area contributed by atoms with Gasteiger partial charge in [0.15, 0.2) is 0 Å². The minimum atomic E-state index is -0.329. The molecule has 0 spiro atoms. The lowest BCUT2D eigenvalue weighted by atomic mass is 10.0. The van der Waals surface area contributed by atoms with Gasteiger partial charge in [-0.15, -0.1) is 0 Å². The van der Waals surface area contributed by atoms with Gasteiger partial charge in [-0.05, 0) is 31.5 Å². The Hall–Kier alpha value is -2.17. The first kappa shape index (κ1) is 18.2. The SMILES string of the molecule is CCCCCCNc1c(CC(=O)OC)c(C)nc2ccc(F)cc12.